The van der Waals surface area contributed by atoms with Gasteiger partial charge in [-0.05, 0) is 81.0 Å². The van der Waals surface area contributed by atoms with E-state index in [0.717, 1.165) is 58.9 Å². The van der Waals surface area contributed by atoms with Gasteiger partial charge in [-0.3, -0.25) is 4.79 Å². The molecule has 0 unspecified atom stereocenters. The lowest BCUT2D eigenvalue weighted by Gasteiger charge is -2.24. The Morgan fingerprint density at radius 2 is 1.89 bits per heavy atom. The molecule has 3 heterocycles. The Kier molecular flexibility index (Phi) is 6.55. The molecule has 0 aliphatic heterocycles. The van der Waals surface area contributed by atoms with E-state index in [-0.39, 0.29) is 17.7 Å². The molecular formula is C27H28N4O3S. The molecule has 1 aliphatic rings. The molecule has 1 amide bonds. The Bertz CT molecular complexity index is 1330. The number of anilines is 2. The van der Waals surface area contributed by atoms with Crippen LogP contribution in [0.4, 0.5) is 10.9 Å². The third-order valence-electron chi connectivity index (χ3n) is 6.16. The number of ether oxygens (including phenoxy) is 1. The smallest absolute Gasteiger partial charge is 0.291 e. The van der Waals surface area contributed by atoms with Crippen molar-refractivity contribution in [2.75, 3.05) is 17.7 Å². The Balaban J connectivity index is 1.64. The van der Waals surface area contributed by atoms with E-state index in [2.05, 4.69) is 26.7 Å². The van der Waals surface area contributed by atoms with Crippen molar-refractivity contribution in [2.24, 2.45) is 0 Å². The highest BCUT2D eigenvalue weighted by molar-refractivity contribution is 7.16. The van der Waals surface area contributed by atoms with Crippen LogP contribution in [0.25, 0.3) is 0 Å². The molecule has 4 aromatic rings. The zero-order chi connectivity index (χ0) is 24.4. The molecule has 7 nitrogen and oxygen atoms in total. The molecule has 0 saturated carbocycles. The SMILES string of the molecule is COc1cccc([C@H](Nc2nc(C)cc(C)n2)c2c(NC(=O)c3ccco3)sc3c2CCCC3)c1. The van der Waals surface area contributed by atoms with Crippen molar-refractivity contribution < 1.29 is 13.9 Å². The largest absolute Gasteiger partial charge is 0.497 e. The minimum Gasteiger partial charge on any atom is -0.497 e. The van der Waals surface area contributed by atoms with Crippen molar-refractivity contribution in [1.82, 2.24) is 9.97 Å². The summed E-state index contributed by atoms with van der Waals surface area (Å²) in [4.78, 5) is 23.6. The number of carbonyl (C=O) groups is 1. The summed E-state index contributed by atoms with van der Waals surface area (Å²) in [7, 11) is 1.66. The van der Waals surface area contributed by atoms with E-state index in [1.54, 1.807) is 30.6 Å². The molecule has 0 fully saturated rings. The maximum Gasteiger partial charge on any atom is 0.291 e. The third-order valence-corrected chi connectivity index (χ3v) is 7.38. The summed E-state index contributed by atoms with van der Waals surface area (Å²) < 4.78 is 10.9. The number of aromatic nitrogens is 2. The molecule has 1 atom stereocenters. The Morgan fingerprint density at radius 1 is 1.09 bits per heavy atom. The Hall–Kier alpha value is -3.65. The van der Waals surface area contributed by atoms with E-state index < -0.39 is 0 Å². The first kappa shape index (κ1) is 23.1. The van der Waals surface area contributed by atoms with Crippen LogP contribution in [-0.2, 0) is 12.8 Å². The number of hydrogen-bond donors (Lipinski definition) is 2. The van der Waals surface area contributed by atoms with Crippen LogP contribution in [0.5, 0.6) is 5.75 Å². The maximum absolute atomic E-state index is 13.0. The van der Waals surface area contributed by atoms with Gasteiger partial charge in [0.2, 0.25) is 5.95 Å². The molecule has 0 spiro atoms. The van der Waals surface area contributed by atoms with Crippen LogP contribution in [-0.4, -0.2) is 23.0 Å². The van der Waals surface area contributed by atoms with E-state index in [9.17, 15) is 4.79 Å². The normalized spacial score (nSPS) is 13.7. The Labute approximate surface area is 208 Å². The van der Waals surface area contributed by atoms with E-state index in [4.69, 9.17) is 9.15 Å². The fourth-order valence-corrected chi connectivity index (χ4v) is 5.95. The van der Waals surface area contributed by atoms with Gasteiger partial charge in [0.15, 0.2) is 5.76 Å². The maximum atomic E-state index is 13.0. The van der Waals surface area contributed by atoms with Crippen LogP contribution >= 0.6 is 11.3 Å². The zero-order valence-corrected chi connectivity index (χ0v) is 20.9. The quantitative estimate of drug-likeness (QED) is 0.327. The van der Waals surface area contributed by atoms with Gasteiger partial charge in [-0.1, -0.05) is 12.1 Å². The average molecular weight is 489 g/mol. The molecule has 3 aromatic heterocycles. The zero-order valence-electron chi connectivity index (χ0n) is 20.1. The molecule has 0 bridgehead atoms. The van der Waals surface area contributed by atoms with Gasteiger partial charge in [0, 0.05) is 21.8 Å². The van der Waals surface area contributed by atoms with Crippen LogP contribution in [0.3, 0.4) is 0 Å². The predicted octanol–water partition coefficient (Wildman–Crippen LogP) is 6.09. The number of aryl methyl sites for hydroxylation is 3. The predicted molar refractivity (Wildman–Crippen MR) is 138 cm³/mol. The minimum atomic E-state index is -0.281. The highest BCUT2D eigenvalue weighted by Gasteiger charge is 2.30. The molecule has 180 valence electrons. The highest BCUT2D eigenvalue weighted by atomic mass is 32.1. The van der Waals surface area contributed by atoms with E-state index in [1.165, 1.54) is 16.7 Å². The van der Waals surface area contributed by atoms with Gasteiger partial charge < -0.3 is 19.8 Å². The van der Waals surface area contributed by atoms with Crippen LogP contribution in [0.1, 0.15) is 62.4 Å². The molecular weight excluding hydrogens is 460 g/mol. The van der Waals surface area contributed by atoms with E-state index >= 15 is 0 Å². The van der Waals surface area contributed by atoms with Gasteiger partial charge in [-0.2, -0.15) is 0 Å². The summed E-state index contributed by atoms with van der Waals surface area (Å²) in [6, 6.07) is 13.0. The summed E-state index contributed by atoms with van der Waals surface area (Å²) in [6.45, 7) is 3.92. The first-order valence-corrected chi connectivity index (χ1v) is 12.6. The fourth-order valence-electron chi connectivity index (χ4n) is 4.62. The van der Waals surface area contributed by atoms with Crippen molar-refractivity contribution >= 4 is 28.2 Å². The number of amides is 1. The number of fused-ring (bicyclic) bond motifs is 1. The number of hydrogen-bond acceptors (Lipinski definition) is 7. The van der Waals surface area contributed by atoms with Crippen molar-refractivity contribution in [3.63, 3.8) is 0 Å². The number of nitrogens with zero attached hydrogens (tertiary/aromatic N) is 2. The van der Waals surface area contributed by atoms with Crippen molar-refractivity contribution in [2.45, 2.75) is 45.6 Å². The second kappa shape index (κ2) is 9.92. The van der Waals surface area contributed by atoms with Gasteiger partial charge in [0.25, 0.3) is 5.91 Å². The number of thiophene rings is 1. The topological polar surface area (TPSA) is 89.3 Å². The number of nitrogens with one attached hydrogen (secondary N) is 2. The second-order valence-corrected chi connectivity index (χ2v) is 9.82. The van der Waals surface area contributed by atoms with Crippen LogP contribution in [0, 0.1) is 13.8 Å². The summed E-state index contributed by atoms with van der Waals surface area (Å²) in [5.41, 5.74) is 5.14. The van der Waals surface area contributed by atoms with E-state index in [0.29, 0.717) is 5.95 Å². The summed E-state index contributed by atoms with van der Waals surface area (Å²) in [5.74, 6) is 1.34. The molecule has 2 N–H and O–H groups in total. The molecule has 1 aromatic carbocycles. The summed E-state index contributed by atoms with van der Waals surface area (Å²) in [5, 5.41) is 7.54. The van der Waals surface area contributed by atoms with Crippen LogP contribution in [0.2, 0.25) is 0 Å². The van der Waals surface area contributed by atoms with Gasteiger partial charge >= 0.3 is 0 Å². The molecule has 0 radical (unpaired) electrons. The Morgan fingerprint density at radius 3 is 2.63 bits per heavy atom. The minimum absolute atomic E-state index is 0.262. The van der Waals surface area contributed by atoms with Gasteiger partial charge in [0.05, 0.1) is 19.4 Å². The summed E-state index contributed by atoms with van der Waals surface area (Å²) >= 11 is 1.65. The van der Waals surface area contributed by atoms with Gasteiger partial charge in [0.1, 0.15) is 10.8 Å². The van der Waals surface area contributed by atoms with Crippen LogP contribution < -0.4 is 15.4 Å². The molecule has 0 saturated heterocycles. The number of furan rings is 1. The van der Waals surface area contributed by atoms with Gasteiger partial charge in [-0.15, -0.1) is 11.3 Å². The second-order valence-electron chi connectivity index (χ2n) is 8.71. The first-order chi connectivity index (χ1) is 17.0. The fraction of sp³-hybridized carbons (Fsp3) is 0.296. The van der Waals surface area contributed by atoms with Gasteiger partial charge in [-0.25, -0.2) is 9.97 Å². The molecule has 8 heteroatoms. The first-order valence-electron chi connectivity index (χ1n) is 11.7. The lowest BCUT2D eigenvalue weighted by Crippen LogP contribution is -2.19. The van der Waals surface area contributed by atoms with Crippen molar-refractivity contribution in [3.8, 4) is 5.75 Å². The van der Waals surface area contributed by atoms with Crippen molar-refractivity contribution in [3.05, 3.63) is 87.4 Å². The monoisotopic (exact) mass is 488 g/mol. The lowest BCUT2D eigenvalue weighted by molar-refractivity contribution is 0.0997. The molecule has 35 heavy (non-hydrogen) atoms. The molecule has 5 rings (SSSR count). The third kappa shape index (κ3) is 4.93. The number of carbonyl (C=O) groups excluding carboxylic acids is 1. The highest BCUT2D eigenvalue weighted by Crippen LogP contribution is 2.44. The molecule has 1 aliphatic carbocycles. The number of rotatable bonds is 7. The summed E-state index contributed by atoms with van der Waals surface area (Å²) in [6.07, 6.45) is 5.75. The standard InChI is InChI=1S/C27H28N4O3S/c1-16-14-17(2)29-27(28-16)30-24(18-8-6-9-19(15-18)33-3)23-20-10-4-5-12-22(20)35-26(23)31-25(32)21-11-7-13-34-21/h6-9,11,13-15,24H,4-5,10,12H2,1-3H3,(H,31,32)(H,28,29,30)/t24-/m0/s1. The average Bonchev–Trinajstić information content (AvgIpc) is 3.50. The number of benzene rings is 1. The number of methoxy groups -OCH3 is 1. The van der Waals surface area contributed by atoms with Crippen molar-refractivity contribution in [1.29, 1.82) is 0 Å². The van der Waals surface area contributed by atoms with Crippen LogP contribution in [0.15, 0.2) is 53.1 Å². The lowest BCUT2D eigenvalue weighted by atomic mass is 9.89. The van der Waals surface area contributed by atoms with E-state index in [1.807, 2.05) is 38.1 Å².